The van der Waals surface area contributed by atoms with Crippen molar-refractivity contribution in [2.24, 2.45) is 0 Å². The van der Waals surface area contributed by atoms with E-state index in [0.717, 1.165) is 17.3 Å². The van der Waals surface area contributed by atoms with Crippen LogP contribution in [0.4, 0.5) is 0 Å². The summed E-state index contributed by atoms with van der Waals surface area (Å²) in [6, 6.07) is 0. The summed E-state index contributed by atoms with van der Waals surface area (Å²) in [5, 5.41) is 0.383. The zero-order valence-electron chi connectivity index (χ0n) is 13.8. The van der Waals surface area contributed by atoms with E-state index in [-0.39, 0.29) is 70.6 Å². The Labute approximate surface area is 218 Å². The molecule has 0 aromatic rings. The first-order valence-corrected chi connectivity index (χ1v) is 16.4. The van der Waals surface area contributed by atoms with Gasteiger partial charge in [0.1, 0.15) is 0 Å². The molecule has 0 aromatic heterocycles. The first kappa shape index (κ1) is 31.1. The second kappa shape index (κ2) is 16.6. The molecule has 2 atom stereocenters. The fourth-order valence-electron chi connectivity index (χ4n) is 1.22. The van der Waals surface area contributed by atoms with E-state index in [0.29, 0.717) is 21.3 Å². The summed E-state index contributed by atoms with van der Waals surface area (Å²) in [5.41, 5.74) is 0. The average molecular weight is 523 g/mol. The second-order valence-electron chi connectivity index (χ2n) is 4.30. The number of rotatable bonds is 10. The van der Waals surface area contributed by atoms with E-state index >= 15 is 0 Å². The van der Waals surface area contributed by atoms with Crippen LogP contribution in [0.25, 0.3) is 0 Å². The third-order valence-electron chi connectivity index (χ3n) is 2.24. The molecule has 0 saturated carbocycles. The summed E-state index contributed by atoms with van der Waals surface area (Å²) in [5.74, 6) is 2.51. The van der Waals surface area contributed by atoms with E-state index < -0.39 is 20.2 Å². The van der Waals surface area contributed by atoms with Crippen LogP contribution in [-0.4, -0.2) is 76.0 Å². The van der Waals surface area contributed by atoms with Crippen molar-refractivity contribution < 1.29 is 85.1 Å². The first-order chi connectivity index (χ1) is 10.7. The Hall–Kier alpha value is 3.92. The fraction of sp³-hybridized carbons (Fsp3) is 1.00. The minimum atomic E-state index is -4.13. The van der Waals surface area contributed by atoms with E-state index in [1.165, 1.54) is 23.5 Å². The van der Waals surface area contributed by atoms with E-state index in [1.54, 1.807) is 43.2 Å². The van der Waals surface area contributed by atoms with E-state index in [4.69, 9.17) is 0 Å². The predicted octanol–water partition coefficient (Wildman–Crippen LogP) is -3.98. The molecule has 1 heterocycles. The summed E-state index contributed by atoms with van der Waals surface area (Å²) in [7, 11) is -1.29. The van der Waals surface area contributed by atoms with Crippen molar-refractivity contribution in [1.29, 1.82) is 0 Å². The largest absolute Gasteiger partial charge is 1.00 e. The molecule has 1 fully saturated rings. The molecule has 1 aliphatic heterocycles. The van der Waals surface area contributed by atoms with E-state index in [9.17, 15) is 25.9 Å². The van der Waals surface area contributed by atoms with Crippen LogP contribution in [-0.2, 0) is 20.2 Å². The summed E-state index contributed by atoms with van der Waals surface area (Å²) in [6.07, 6.45) is 0. The normalized spacial score (nSPS) is 21.7. The van der Waals surface area contributed by atoms with Gasteiger partial charge in [-0.05, 0) is 0 Å². The van der Waals surface area contributed by atoms with Crippen molar-refractivity contribution in [2.75, 3.05) is 40.3 Å². The minimum absolute atomic E-state index is 0. The summed E-state index contributed by atoms with van der Waals surface area (Å²) >= 11 is 2.95. The zero-order valence-corrected chi connectivity index (χ0v) is 24.4. The molecule has 1 rings (SSSR count). The van der Waals surface area contributed by atoms with Crippen molar-refractivity contribution >= 4 is 86.9 Å². The maximum Gasteiger partial charge on any atom is 1.00 e. The first-order valence-electron chi connectivity index (χ1n) is 6.29. The summed E-state index contributed by atoms with van der Waals surface area (Å²) in [4.78, 5) is 0. The van der Waals surface area contributed by atoms with Gasteiger partial charge in [-0.3, -0.25) is 0 Å². The maximum atomic E-state index is 10.5. The topological polar surface area (TPSA) is 114 Å². The van der Waals surface area contributed by atoms with Gasteiger partial charge in [0.25, 0.3) is 0 Å². The second-order valence-corrected chi connectivity index (χ2v) is 15.3. The molecule has 138 valence electrons. The Morgan fingerprint density at radius 2 is 1.36 bits per heavy atom. The Morgan fingerprint density at radius 3 is 1.88 bits per heavy atom. The molecule has 2 unspecified atom stereocenters. The number of hydrogen-bond donors (Lipinski definition) is 0. The quantitative estimate of drug-likeness (QED) is 0.121. The Kier molecular flexibility index (Phi) is 20.6. The van der Waals surface area contributed by atoms with Crippen LogP contribution in [0.3, 0.4) is 0 Å². The third kappa shape index (κ3) is 19.6. The molecule has 0 aliphatic carbocycles. The van der Waals surface area contributed by atoms with Gasteiger partial charge in [0.05, 0.1) is 24.8 Å². The standard InChI is InChI=1S/C9H18O6S8.2Na/c10-22(11,12)3-1-16-5-8-6-18-20-9(21-19-8)7-17-2-4-23(13,14)15;;/h8-9H,1-7H2,(H,10,11,12)(H,13,14,15);;/q;2*+1/p-2. The molecule has 0 N–H and O–H groups in total. The van der Waals surface area contributed by atoms with Gasteiger partial charge in [0.2, 0.25) is 0 Å². The molecule has 0 aromatic carbocycles. The molecule has 0 spiro atoms. The van der Waals surface area contributed by atoms with Crippen LogP contribution in [0.5, 0.6) is 0 Å². The predicted molar refractivity (Wildman–Crippen MR) is 107 cm³/mol. The van der Waals surface area contributed by atoms with Gasteiger partial charge in [-0.2, -0.15) is 23.5 Å². The van der Waals surface area contributed by atoms with Gasteiger partial charge in [0, 0.05) is 45.5 Å². The van der Waals surface area contributed by atoms with Crippen LogP contribution >= 0.6 is 66.7 Å². The molecule has 16 heteroatoms. The van der Waals surface area contributed by atoms with Gasteiger partial charge in [0.15, 0.2) is 0 Å². The monoisotopic (exact) mass is 522 g/mol. The third-order valence-corrected chi connectivity index (χ3v) is 14.0. The number of thioether (sulfide) groups is 2. The summed E-state index contributed by atoms with van der Waals surface area (Å²) in [6.45, 7) is 0. The molecular formula is C9H16Na2O6S8. The minimum Gasteiger partial charge on any atom is -0.748 e. The Balaban J connectivity index is 0. The molecule has 25 heavy (non-hydrogen) atoms. The Morgan fingerprint density at radius 1 is 0.840 bits per heavy atom. The van der Waals surface area contributed by atoms with Crippen LogP contribution in [0, 0.1) is 0 Å². The van der Waals surface area contributed by atoms with Gasteiger partial charge in [-0.1, -0.05) is 43.2 Å². The molecule has 0 bridgehead atoms. The van der Waals surface area contributed by atoms with Crippen LogP contribution < -0.4 is 59.1 Å². The van der Waals surface area contributed by atoms with Crippen molar-refractivity contribution in [3.63, 3.8) is 0 Å². The fourth-order valence-corrected chi connectivity index (χ4v) is 14.1. The maximum absolute atomic E-state index is 10.5. The van der Waals surface area contributed by atoms with E-state index in [2.05, 4.69) is 0 Å². The SMILES string of the molecule is O=S(=O)([O-])CCSCC1CSSC(CSCCS(=O)(=O)[O-])SS1.[Na+].[Na+]. The molecular weight excluding hydrogens is 507 g/mol. The van der Waals surface area contributed by atoms with Crippen molar-refractivity contribution in [3.8, 4) is 0 Å². The van der Waals surface area contributed by atoms with Gasteiger partial charge in [-0.25, -0.2) is 16.8 Å². The van der Waals surface area contributed by atoms with Crippen molar-refractivity contribution in [3.05, 3.63) is 0 Å². The molecule has 0 radical (unpaired) electrons. The van der Waals surface area contributed by atoms with Crippen molar-refractivity contribution in [2.45, 2.75) is 9.83 Å². The van der Waals surface area contributed by atoms with Gasteiger partial charge < -0.3 is 9.11 Å². The Bertz CT molecular complexity index is 496. The summed E-state index contributed by atoms with van der Waals surface area (Å²) < 4.78 is 63.4. The molecule has 6 nitrogen and oxygen atoms in total. The van der Waals surface area contributed by atoms with Crippen LogP contribution in [0.15, 0.2) is 0 Å². The molecule has 1 saturated heterocycles. The zero-order chi connectivity index (χ0) is 17.3. The molecule has 1 aliphatic rings. The smallest absolute Gasteiger partial charge is 0.748 e. The van der Waals surface area contributed by atoms with Crippen LogP contribution in [0.1, 0.15) is 0 Å². The number of hydrogen-bond acceptors (Lipinski definition) is 12. The molecule has 0 amide bonds. The van der Waals surface area contributed by atoms with Crippen molar-refractivity contribution in [1.82, 2.24) is 0 Å². The van der Waals surface area contributed by atoms with Crippen LogP contribution in [0.2, 0.25) is 0 Å². The van der Waals surface area contributed by atoms with Gasteiger partial charge >= 0.3 is 59.1 Å². The van der Waals surface area contributed by atoms with Gasteiger partial charge in [-0.15, -0.1) is 0 Å². The van der Waals surface area contributed by atoms with E-state index in [1.807, 2.05) is 0 Å². The average Bonchev–Trinajstić information content (AvgIpc) is 2.63.